The molecule has 7 heteroatoms. The molecule has 0 saturated heterocycles. The average Bonchev–Trinajstić information content (AvgIpc) is 2.74. The van der Waals surface area contributed by atoms with E-state index in [9.17, 15) is 4.79 Å². The largest absolute Gasteiger partial charge is 0.497 e. The van der Waals surface area contributed by atoms with Crippen molar-refractivity contribution in [2.45, 2.75) is 18.9 Å². The van der Waals surface area contributed by atoms with E-state index in [0.29, 0.717) is 22.2 Å². The molecule has 0 atom stereocenters. The van der Waals surface area contributed by atoms with Crippen LogP contribution in [0, 0.1) is 13.8 Å². The number of carbonyl (C=O) groups is 1. The minimum absolute atomic E-state index is 0.148. The molecule has 6 nitrogen and oxygen atoms in total. The third-order valence-corrected chi connectivity index (χ3v) is 5.35. The maximum absolute atomic E-state index is 12.3. The van der Waals surface area contributed by atoms with Gasteiger partial charge in [0, 0.05) is 29.4 Å². The van der Waals surface area contributed by atoms with Gasteiger partial charge < -0.3 is 14.8 Å². The molecule has 150 valence electrons. The Morgan fingerprint density at radius 2 is 1.66 bits per heavy atom. The fraction of sp³-hybridized carbons (Fsp3) is 0.227. The summed E-state index contributed by atoms with van der Waals surface area (Å²) < 4.78 is 10.4. The molecule has 0 spiro atoms. The number of methoxy groups -OCH3 is 2. The lowest BCUT2D eigenvalue weighted by molar-refractivity contribution is -0.113. The van der Waals surface area contributed by atoms with Gasteiger partial charge in [0.15, 0.2) is 0 Å². The highest BCUT2D eigenvalue weighted by molar-refractivity contribution is 7.99. The van der Waals surface area contributed by atoms with E-state index in [4.69, 9.17) is 9.47 Å². The van der Waals surface area contributed by atoms with Crippen molar-refractivity contribution in [2.24, 2.45) is 0 Å². The Morgan fingerprint density at radius 3 is 2.24 bits per heavy atom. The van der Waals surface area contributed by atoms with Crippen LogP contribution >= 0.6 is 11.8 Å². The standard InChI is InChI=1S/C22H23N3O3S/c1-14-5-6-16(9-15(14)2)20-7-8-22(25-24-20)29-13-21(26)23-17-10-18(27-3)12-19(11-17)28-4/h5-12H,13H2,1-4H3,(H,23,26). The minimum atomic E-state index is -0.148. The number of aromatic nitrogens is 2. The molecule has 1 N–H and O–H groups in total. The van der Waals surface area contributed by atoms with Crippen LogP contribution in [0.3, 0.4) is 0 Å². The second-order valence-electron chi connectivity index (χ2n) is 6.49. The molecule has 0 radical (unpaired) electrons. The molecule has 0 saturated carbocycles. The summed E-state index contributed by atoms with van der Waals surface area (Å²) in [4.78, 5) is 12.3. The van der Waals surface area contributed by atoms with Crippen LogP contribution in [0.4, 0.5) is 5.69 Å². The zero-order valence-electron chi connectivity index (χ0n) is 16.9. The van der Waals surface area contributed by atoms with Crippen molar-refractivity contribution in [3.63, 3.8) is 0 Å². The molecule has 1 aromatic heterocycles. The summed E-state index contributed by atoms with van der Waals surface area (Å²) in [6.45, 7) is 4.16. The highest BCUT2D eigenvalue weighted by Gasteiger charge is 2.09. The molecule has 0 bridgehead atoms. The topological polar surface area (TPSA) is 73.3 Å². The molecule has 3 aromatic rings. The zero-order valence-corrected chi connectivity index (χ0v) is 17.7. The molecular weight excluding hydrogens is 386 g/mol. The summed E-state index contributed by atoms with van der Waals surface area (Å²) in [5, 5.41) is 12.1. The number of aryl methyl sites for hydroxylation is 2. The third-order valence-electron chi connectivity index (χ3n) is 4.43. The number of carbonyl (C=O) groups excluding carboxylic acids is 1. The van der Waals surface area contributed by atoms with Crippen LogP contribution in [0.25, 0.3) is 11.3 Å². The van der Waals surface area contributed by atoms with Crippen molar-refractivity contribution in [1.82, 2.24) is 10.2 Å². The van der Waals surface area contributed by atoms with Crippen molar-refractivity contribution in [3.05, 3.63) is 59.7 Å². The zero-order chi connectivity index (χ0) is 20.8. The van der Waals surface area contributed by atoms with E-state index in [1.54, 1.807) is 32.4 Å². The molecule has 1 amide bonds. The Labute approximate surface area is 174 Å². The molecule has 29 heavy (non-hydrogen) atoms. The maximum Gasteiger partial charge on any atom is 0.234 e. The lowest BCUT2D eigenvalue weighted by Crippen LogP contribution is -2.14. The molecular formula is C22H23N3O3S. The van der Waals surface area contributed by atoms with Gasteiger partial charge in [-0.05, 0) is 43.2 Å². The number of amides is 1. The molecule has 0 unspecified atom stereocenters. The number of thioether (sulfide) groups is 1. The van der Waals surface area contributed by atoms with Crippen molar-refractivity contribution in [3.8, 4) is 22.8 Å². The Bertz CT molecular complexity index is 984. The van der Waals surface area contributed by atoms with Crippen LogP contribution in [0.1, 0.15) is 11.1 Å². The highest BCUT2D eigenvalue weighted by Crippen LogP contribution is 2.26. The number of nitrogens with zero attached hydrogens (tertiary/aromatic N) is 2. The molecule has 0 aliphatic rings. The van der Waals surface area contributed by atoms with E-state index in [1.807, 2.05) is 18.2 Å². The van der Waals surface area contributed by atoms with E-state index < -0.39 is 0 Å². The first kappa shape index (κ1) is 20.7. The van der Waals surface area contributed by atoms with Gasteiger partial charge in [-0.25, -0.2) is 0 Å². The molecule has 2 aromatic carbocycles. The summed E-state index contributed by atoms with van der Waals surface area (Å²) in [5.74, 6) is 1.29. The summed E-state index contributed by atoms with van der Waals surface area (Å²) in [7, 11) is 3.13. The van der Waals surface area contributed by atoms with Crippen molar-refractivity contribution < 1.29 is 14.3 Å². The lowest BCUT2D eigenvalue weighted by Gasteiger charge is -2.09. The van der Waals surface area contributed by atoms with Gasteiger partial charge in [-0.3, -0.25) is 4.79 Å². The fourth-order valence-corrected chi connectivity index (χ4v) is 3.28. The predicted octanol–water partition coefficient (Wildman–Crippen LogP) is 4.51. The Morgan fingerprint density at radius 1 is 0.931 bits per heavy atom. The van der Waals surface area contributed by atoms with Crippen LogP contribution in [-0.2, 0) is 4.79 Å². The second kappa shape index (κ2) is 9.43. The number of hydrogen-bond donors (Lipinski definition) is 1. The van der Waals surface area contributed by atoms with E-state index in [1.165, 1.54) is 22.9 Å². The van der Waals surface area contributed by atoms with Gasteiger partial charge in [0.1, 0.15) is 16.5 Å². The first-order valence-electron chi connectivity index (χ1n) is 9.05. The number of benzene rings is 2. The number of nitrogens with one attached hydrogen (secondary N) is 1. The van der Waals surface area contributed by atoms with Gasteiger partial charge >= 0.3 is 0 Å². The van der Waals surface area contributed by atoms with Crippen molar-refractivity contribution in [2.75, 3.05) is 25.3 Å². The summed E-state index contributed by atoms with van der Waals surface area (Å²) in [6.07, 6.45) is 0. The number of anilines is 1. The van der Waals surface area contributed by atoms with E-state index in [-0.39, 0.29) is 11.7 Å². The second-order valence-corrected chi connectivity index (χ2v) is 7.49. The highest BCUT2D eigenvalue weighted by atomic mass is 32.2. The van der Waals surface area contributed by atoms with E-state index in [0.717, 1.165) is 11.3 Å². The van der Waals surface area contributed by atoms with Gasteiger partial charge in [0.2, 0.25) is 5.91 Å². The van der Waals surface area contributed by atoms with Crippen LogP contribution in [0.5, 0.6) is 11.5 Å². The average molecular weight is 410 g/mol. The number of hydrogen-bond acceptors (Lipinski definition) is 6. The minimum Gasteiger partial charge on any atom is -0.497 e. The van der Waals surface area contributed by atoms with Crippen LogP contribution in [-0.4, -0.2) is 36.1 Å². The summed E-state index contributed by atoms with van der Waals surface area (Å²) in [6, 6.07) is 15.2. The maximum atomic E-state index is 12.3. The molecule has 3 rings (SSSR count). The Kier molecular flexibility index (Phi) is 6.72. The SMILES string of the molecule is COc1cc(NC(=O)CSc2ccc(-c3ccc(C)c(C)c3)nn2)cc(OC)c1. The van der Waals surface area contributed by atoms with E-state index >= 15 is 0 Å². The smallest absolute Gasteiger partial charge is 0.234 e. The molecule has 0 aliphatic heterocycles. The van der Waals surface area contributed by atoms with Gasteiger partial charge in [0.25, 0.3) is 0 Å². The van der Waals surface area contributed by atoms with Crippen molar-refractivity contribution >= 4 is 23.4 Å². The number of ether oxygens (including phenoxy) is 2. The van der Waals surface area contributed by atoms with E-state index in [2.05, 4.69) is 41.5 Å². The van der Waals surface area contributed by atoms with Gasteiger partial charge in [0.05, 0.1) is 25.7 Å². The summed E-state index contributed by atoms with van der Waals surface area (Å²) >= 11 is 1.33. The lowest BCUT2D eigenvalue weighted by atomic mass is 10.0. The van der Waals surface area contributed by atoms with Crippen LogP contribution in [0.15, 0.2) is 53.6 Å². The molecule has 0 aliphatic carbocycles. The van der Waals surface area contributed by atoms with Gasteiger partial charge in [-0.15, -0.1) is 10.2 Å². The fourth-order valence-electron chi connectivity index (χ4n) is 2.67. The van der Waals surface area contributed by atoms with Gasteiger partial charge in [-0.2, -0.15) is 0 Å². The molecule has 1 heterocycles. The number of rotatable bonds is 7. The normalized spacial score (nSPS) is 10.5. The third kappa shape index (κ3) is 5.48. The van der Waals surface area contributed by atoms with Crippen LogP contribution in [0.2, 0.25) is 0 Å². The molecule has 0 fully saturated rings. The first-order valence-corrected chi connectivity index (χ1v) is 10.0. The predicted molar refractivity (Wildman–Crippen MR) is 116 cm³/mol. The quantitative estimate of drug-likeness (QED) is 0.579. The Hall–Kier alpha value is -3.06. The first-order chi connectivity index (χ1) is 14.0. The van der Waals surface area contributed by atoms with Crippen LogP contribution < -0.4 is 14.8 Å². The van der Waals surface area contributed by atoms with Crippen molar-refractivity contribution in [1.29, 1.82) is 0 Å². The monoisotopic (exact) mass is 409 g/mol. The summed E-state index contributed by atoms with van der Waals surface area (Å²) in [5.41, 5.74) is 4.91. The Balaban J connectivity index is 1.60. The van der Waals surface area contributed by atoms with Gasteiger partial charge in [-0.1, -0.05) is 23.9 Å².